The van der Waals surface area contributed by atoms with Crippen molar-refractivity contribution in [1.82, 2.24) is 25.1 Å². The molecule has 1 amide bonds. The van der Waals surface area contributed by atoms with Gasteiger partial charge < -0.3 is 4.90 Å². The average molecular weight is 305 g/mol. The predicted molar refractivity (Wildman–Crippen MR) is 80.8 cm³/mol. The van der Waals surface area contributed by atoms with E-state index in [-0.39, 0.29) is 12.5 Å². The first kappa shape index (κ1) is 14.2. The number of aromatic nitrogens is 4. The second-order valence-corrected chi connectivity index (χ2v) is 6.21. The van der Waals surface area contributed by atoms with Gasteiger partial charge in [0.1, 0.15) is 6.54 Å². The van der Waals surface area contributed by atoms with Gasteiger partial charge in [-0.2, -0.15) is 4.80 Å². The van der Waals surface area contributed by atoms with Crippen molar-refractivity contribution in [3.05, 3.63) is 17.5 Å². The molecule has 3 rings (SSSR count). The first-order valence-corrected chi connectivity index (χ1v) is 8.27. The lowest BCUT2D eigenvalue weighted by Gasteiger charge is -2.35. The molecule has 1 saturated heterocycles. The van der Waals surface area contributed by atoms with Crippen LogP contribution >= 0.6 is 11.3 Å². The van der Waals surface area contributed by atoms with Crippen LogP contribution in [-0.4, -0.2) is 43.6 Å². The molecule has 0 unspecified atom stereocenters. The zero-order valence-electron chi connectivity index (χ0n) is 12.1. The Morgan fingerprint density at radius 2 is 2.38 bits per heavy atom. The number of nitrogens with zero attached hydrogens (tertiary/aromatic N) is 5. The van der Waals surface area contributed by atoms with E-state index in [1.807, 2.05) is 22.4 Å². The average Bonchev–Trinajstić information content (AvgIpc) is 3.17. The number of amides is 1. The van der Waals surface area contributed by atoms with E-state index in [1.165, 1.54) is 11.2 Å². The molecule has 0 spiro atoms. The Morgan fingerprint density at radius 1 is 1.48 bits per heavy atom. The van der Waals surface area contributed by atoms with Gasteiger partial charge >= 0.3 is 0 Å². The molecular formula is C14H19N5OS. The molecule has 21 heavy (non-hydrogen) atoms. The van der Waals surface area contributed by atoms with Crippen molar-refractivity contribution in [3.8, 4) is 10.7 Å². The molecule has 2 aromatic heterocycles. The maximum atomic E-state index is 12.4. The van der Waals surface area contributed by atoms with Gasteiger partial charge in [0.05, 0.1) is 4.88 Å². The molecule has 7 heteroatoms. The fraction of sp³-hybridized carbons (Fsp3) is 0.571. The molecule has 6 nitrogen and oxygen atoms in total. The lowest BCUT2D eigenvalue weighted by atomic mass is 10.00. The molecule has 0 saturated carbocycles. The molecule has 0 aliphatic carbocycles. The molecule has 1 aliphatic heterocycles. The highest BCUT2D eigenvalue weighted by molar-refractivity contribution is 7.13. The summed E-state index contributed by atoms with van der Waals surface area (Å²) in [7, 11) is 0. The van der Waals surface area contributed by atoms with E-state index in [9.17, 15) is 4.79 Å². The highest BCUT2D eigenvalue weighted by Gasteiger charge is 2.25. The fourth-order valence-corrected chi connectivity index (χ4v) is 3.43. The molecule has 2 aromatic rings. The number of carbonyl (C=O) groups is 1. The van der Waals surface area contributed by atoms with E-state index in [4.69, 9.17) is 0 Å². The second kappa shape index (κ2) is 6.34. The summed E-state index contributed by atoms with van der Waals surface area (Å²) in [6, 6.07) is 4.27. The predicted octanol–water partition coefficient (Wildman–Crippen LogP) is 2.19. The smallest absolute Gasteiger partial charge is 0.246 e. The topological polar surface area (TPSA) is 63.9 Å². The van der Waals surface area contributed by atoms with E-state index in [2.05, 4.69) is 22.3 Å². The highest BCUT2D eigenvalue weighted by Crippen LogP contribution is 2.21. The van der Waals surface area contributed by atoms with Gasteiger partial charge in [-0.25, -0.2) is 0 Å². The molecular weight excluding hydrogens is 286 g/mol. The summed E-state index contributed by atoms with van der Waals surface area (Å²) in [5.41, 5.74) is 0. The van der Waals surface area contributed by atoms with E-state index in [1.54, 1.807) is 11.3 Å². The Balaban J connectivity index is 1.67. The van der Waals surface area contributed by atoms with Crippen LogP contribution in [0.2, 0.25) is 0 Å². The summed E-state index contributed by atoms with van der Waals surface area (Å²) in [6.45, 7) is 3.16. The van der Waals surface area contributed by atoms with Crippen molar-refractivity contribution < 1.29 is 4.79 Å². The summed E-state index contributed by atoms with van der Waals surface area (Å²) in [4.78, 5) is 16.8. The molecule has 0 radical (unpaired) electrons. The summed E-state index contributed by atoms with van der Waals surface area (Å²) < 4.78 is 0. The Hall–Kier alpha value is -1.76. The first-order valence-electron chi connectivity index (χ1n) is 7.39. The van der Waals surface area contributed by atoms with Gasteiger partial charge in [-0.1, -0.05) is 13.0 Å². The molecule has 0 aromatic carbocycles. The lowest BCUT2D eigenvalue weighted by Crippen LogP contribution is -2.45. The van der Waals surface area contributed by atoms with E-state index in [0.29, 0.717) is 11.9 Å². The highest BCUT2D eigenvalue weighted by atomic mass is 32.1. The van der Waals surface area contributed by atoms with Crippen LogP contribution in [0.15, 0.2) is 17.5 Å². The number of hydrogen-bond donors (Lipinski definition) is 0. The van der Waals surface area contributed by atoms with Gasteiger partial charge in [-0.05, 0) is 42.3 Å². The largest absolute Gasteiger partial charge is 0.338 e. The molecule has 112 valence electrons. The molecule has 1 atom stereocenters. The van der Waals surface area contributed by atoms with Crippen LogP contribution in [0.1, 0.15) is 32.6 Å². The van der Waals surface area contributed by atoms with Gasteiger partial charge in [0, 0.05) is 12.6 Å². The molecule has 3 heterocycles. The van der Waals surface area contributed by atoms with Crippen LogP contribution in [0, 0.1) is 0 Å². The Bertz CT molecular complexity index is 594. The van der Waals surface area contributed by atoms with Gasteiger partial charge in [0.15, 0.2) is 0 Å². The summed E-state index contributed by atoms with van der Waals surface area (Å²) in [5, 5.41) is 14.3. The molecule has 1 aliphatic rings. The van der Waals surface area contributed by atoms with Crippen LogP contribution in [-0.2, 0) is 11.3 Å². The standard InChI is InChI=1S/C14H19N5OS/c1-2-11-6-3-4-8-18(11)13(20)10-19-16-14(15-17-19)12-7-5-9-21-12/h5,7,9,11H,2-4,6,8,10H2,1H3/t11-/m1/s1. The summed E-state index contributed by atoms with van der Waals surface area (Å²) in [5.74, 6) is 0.681. The number of likely N-dealkylation sites (tertiary alicyclic amines) is 1. The minimum Gasteiger partial charge on any atom is -0.338 e. The third-order valence-electron chi connectivity index (χ3n) is 3.89. The van der Waals surface area contributed by atoms with Crippen LogP contribution in [0.3, 0.4) is 0 Å². The third-order valence-corrected chi connectivity index (χ3v) is 4.76. The van der Waals surface area contributed by atoms with Crippen molar-refractivity contribution >= 4 is 17.2 Å². The zero-order chi connectivity index (χ0) is 14.7. The van der Waals surface area contributed by atoms with Crippen molar-refractivity contribution in [2.45, 2.75) is 45.2 Å². The van der Waals surface area contributed by atoms with Crippen LogP contribution in [0.5, 0.6) is 0 Å². The normalized spacial score (nSPS) is 18.9. The Labute approximate surface area is 127 Å². The first-order chi connectivity index (χ1) is 10.3. The van der Waals surface area contributed by atoms with Crippen molar-refractivity contribution in [2.75, 3.05) is 6.54 Å². The number of carbonyl (C=O) groups excluding carboxylic acids is 1. The zero-order valence-corrected chi connectivity index (χ0v) is 12.9. The summed E-state index contributed by atoms with van der Waals surface area (Å²) in [6.07, 6.45) is 4.42. The minimum atomic E-state index is 0.0941. The maximum Gasteiger partial charge on any atom is 0.246 e. The van der Waals surface area contributed by atoms with E-state index < -0.39 is 0 Å². The molecule has 0 bridgehead atoms. The van der Waals surface area contributed by atoms with Gasteiger partial charge in [0.25, 0.3) is 0 Å². The minimum absolute atomic E-state index is 0.0941. The van der Waals surface area contributed by atoms with Crippen LogP contribution in [0.4, 0.5) is 0 Å². The number of piperidine rings is 1. The van der Waals surface area contributed by atoms with Crippen molar-refractivity contribution in [2.24, 2.45) is 0 Å². The molecule has 1 fully saturated rings. The molecule has 0 N–H and O–H groups in total. The van der Waals surface area contributed by atoms with E-state index in [0.717, 1.165) is 30.7 Å². The maximum absolute atomic E-state index is 12.4. The second-order valence-electron chi connectivity index (χ2n) is 5.27. The lowest BCUT2D eigenvalue weighted by molar-refractivity contribution is -0.136. The number of rotatable bonds is 4. The van der Waals surface area contributed by atoms with Crippen LogP contribution in [0.25, 0.3) is 10.7 Å². The van der Waals surface area contributed by atoms with E-state index >= 15 is 0 Å². The monoisotopic (exact) mass is 305 g/mol. The van der Waals surface area contributed by atoms with Gasteiger partial charge in [-0.15, -0.1) is 21.5 Å². The number of hydrogen-bond acceptors (Lipinski definition) is 5. The number of thiophene rings is 1. The van der Waals surface area contributed by atoms with Crippen LogP contribution < -0.4 is 0 Å². The fourth-order valence-electron chi connectivity index (χ4n) is 2.78. The quantitative estimate of drug-likeness (QED) is 0.868. The Kier molecular flexibility index (Phi) is 4.28. The number of tetrazole rings is 1. The van der Waals surface area contributed by atoms with Gasteiger partial charge in [-0.3, -0.25) is 4.79 Å². The van der Waals surface area contributed by atoms with Crippen molar-refractivity contribution in [3.63, 3.8) is 0 Å². The SMILES string of the molecule is CC[C@@H]1CCCCN1C(=O)Cn1nnc(-c2cccs2)n1. The van der Waals surface area contributed by atoms with Gasteiger partial charge in [0.2, 0.25) is 11.7 Å². The van der Waals surface area contributed by atoms with Crippen molar-refractivity contribution in [1.29, 1.82) is 0 Å². The Morgan fingerprint density at radius 3 is 3.14 bits per heavy atom. The third kappa shape index (κ3) is 3.12. The summed E-state index contributed by atoms with van der Waals surface area (Å²) >= 11 is 1.57.